The van der Waals surface area contributed by atoms with E-state index >= 15 is 0 Å². The smallest absolute Gasteiger partial charge is 0.242 e. The predicted octanol–water partition coefficient (Wildman–Crippen LogP) is 3.52. The molecule has 0 spiro atoms. The second-order valence-corrected chi connectivity index (χ2v) is 10.2. The number of nitrogens with one attached hydrogen (secondary N) is 2. The first-order valence-electron chi connectivity index (χ1n) is 11.8. The van der Waals surface area contributed by atoms with Gasteiger partial charge < -0.3 is 15.0 Å². The molecule has 1 aliphatic rings. The van der Waals surface area contributed by atoms with E-state index in [-0.39, 0.29) is 17.2 Å². The van der Waals surface area contributed by atoms with E-state index in [0.717, 1.165) is 16.8 Å². The third-order valence-electron chi connectivity index (χ3n) is 5.97. The maximum atomic E-state index is 13.3. The Labute approximate surface area is 211 Å². The summed E-state index contributed by atoms with van der Waals surface area (Å²) in [7, 11) is -4.02. The molecule has 2 amide bonds. The normalized spacial score (nSPS) is 13.7. The molecule has 0 fully saturated rings. The molecule has 1 heterocycles. The lowest BCUT2D eigenvalue weighted by molar-refractivity contribution is -0.118. The first kappa shape index (κ1) is 25.4. The summed E-state index contributed by atoms with van der Waals surface area (Å²) in [5.74, 6) is 0.115. The SMILES string of the molecule is CCOc1ccc(NC(=O)[C@@H](Cc2ccccc2)NS(=O)(=O)c2ccc3c(c2)CCN3C(C)=O)cc1. The number of rotatable bonds is 9. The minimum absolute atomic E-state index is 0.0542. The highest BCUT2D eigenvalue weighted by Crippen LogP contribution is 2.30. The second-order valence-electron chi connectivity index (χ2n) is 8.52. The molecule has 3 aromatic carbocycles. The van der Waals surface area contributed by atoms with Gasteiger partial charge in [-0.15, -0.1) is 0 Å². The molecule has 9 heteroatoms. The number of nitrogens with zero attached hydrogens (tertiary/aromatic N) is 1. The third-order valence-corrected chi connectivity index (χ3v) is 7.44. The summed E-state index contributed by atoms with van der Waals surface area (Å²) in [4.78, 5) is 26.7. The molecule has 0 saturated carbocycles. The van der Waals surface area contributed by atoms with Crippen LogP contribution in [0.3, 0.4) is 0 Å². The zero-order valence-corrected chi connectivity index (χ0v) is 21.0. The van der Waals surface area contributed by atoms with Crippen molar-refractivity contribution >= 4 is 33.2 Å². The van der Waals surface area contributed by atoms with Crippen LogP contribution in [-0.2, 0) is 32.5 Å². The van der Waals surface area contributed by atoms with Gasteiger partial charge in [0.05, 0.1) is 11.5 Å². The van der Waals surface area contributed by atoms with Crippen molar-refractivity contribution in [1.82, 2.24) is 4.72 Å². The Morgan fingerprint density at radius 1 is 1.03 bits per heavy atom. The molecule has 188 valence electrons. The summed E-state index contributed by atoms with van der Waals surface area (Å²) in [6, 6.07) is 19.8. The van der Waals surface area contributed by atoms with Crippen molar-refractivity contribution < 1.29 is 22.7 Å². The number of sulfonamides is 1. The van der Waals surface area contributed by atoms with Crippen LogP contribution in [-0.4, -0.2) is 39.4 Å². The lowest BCUT2D eigenvalue weighted by atomic mass is 10.1. The molecule has 0 bridgehead atoms. The van der Waals surface area contributed by atoms with Crippen LogP contribution in [0.15, 0.2) is 77.7 Å². The number of ether oxygens (including phenoxy) is 1. The van der Waals surface area contributed by atoms with Crippen molar-refractivity contribution in [2.45, 2.75) is 37.6 Å². The third kappa shape index (κ3) is 5.92. The molecule has 0 aromatic heterocycles. The van der Waals surface area contributed by atoms with Crippen LogP contribution in [0.25, 0.3) is 0 Å². The monoisotopic (exact) mass is 507 g/mol. The fourth-order valence-electron chi connectivity index (χ4n) is 4.20. The lowest BCUT2D eigenvalue weighted by Gasteiger charge is -2.20. The maximum absolute atomic E-state index is 13.3. The highest BCUT2D eigenvalue weighted by molar-refractivity contribution is 7.89. The van der Waals surface area contributed by atoms with E-state index in [1.165, 1.54) is 13.0 Å². The summed E-state index contributed by atoms with van der Waals surface area (Å²) in [5.41, 5.74) is 2.85. The van der Waals surface area contributed by atoms with E-state index in [1.807, 2.05) is 37.3 Å². The number of amides is 2. The van der Waals surface area contributed by atoms with Gasteiger partial charge in [0.15, 0.2) is 0 Å². The molecule has 1 aliphatic heterocycles. The standard InChI is InChI=1S/C27H29N3O5S/c1-3-35-23-11-9-22(10-12-23)28-27(32)25(17-20-7-5-4-6-8-20)29-36(33,34)24-13-14-26-21(18-24)15-16-30(26)19(2)31/h4-14,18,25,29H,3,15-17H2,1-2H3,(H,28,32)/t25-/m1/s1. The van der Waals surface area contributed by atoms with Crippen LogP contribution in [0.1, 0.15) is 25.0 Å². The Morgan fingerprint density at radius 2 is 1.75 bits per heavy atom. The molecule has 3 aromatic rings. The van der Waals surface area contributed by atoms with Gasteiger partial charge in [-0.1, -0.05) is 30.3 Å². The number of carbonyl (C=O) groups is 2. The van der Waals surface area contributed by atoms with Crippen molar-refractivity contribution in [2.24, 2.45) is 0 Å². The highest BCUT2D eigenvalue weighted by Gasteiger charge is 2.29. The zero-order chi connectivity index (χ0) is 25.7. The van der Waals surface area contributed by atoms with Crippen molar-refractivity contribution in [3.05, 3.63) is 83.9 Å². The molecule has 36 heavy (non-hydrogen) atoms. The summed E-state index contributed by atoms with van der Waals surface area (Å²) in [6.45, 7) is 4.42. The Hall–Kier alpha value is -3.69. The van der Waals surface area contributed by atoms with Gasteiger partial charge in [0.2, 0.25) is 21.8 Å². The minimum atomic E-state index is -4.02. The maximum Gasteiger partial charge on any atom is 0.242 e. The van der Waals surface area contributed by atoms with Gasteiger partial charge in [0.1, 0.15) is 11.8 Å². The number of carbonyl (C=O) groups excluding carboxylic acids is 2. The van der Waals surface area contributed by atoms with Crippen molar-refractivity contribution in [3.8, 4) is 5.75 Å². The molecular weight excluding hydrogens is 478 g/mol. The second kappa shape index (κ2) is 10.9. The number of anilines is 2. The zero-order valence-electron chi connectivity index (χ0n) is 20.2. The highest BCUT2D eigenvalue weighted by atomic mass is 32.2. The molecule has 1 atom stereocenters. The van der Waals surface area contributed by atoms with Crippen LogP contribution in [0.5, 0.6) is 5.75 Å². The van der Waals surface area contributed by atoms with Crippen LogP contribution >= 0.6 is 0 Å². The van der Waals surface area contributed by atoms with E-state index in [4.69, 9.17) is 4.74 Å². The molecule has 2 N–H and O–H groups in total. The van der Waals surface area contributed by atoms with E-state index in [1.54, 1.807) is 41.3 Å². The average Bonchev–Trinajstić information content (AvgIpc) is 3.29. The van der Waals surface area contributed by atoms with E-state index in [2.05, 4.69) is 10.0 Å². The van der Waals surface area contributed by atoms with E-state index < -0.39 is 22.0 Å². The van der Waals surface area contributed by atoms with Gasteiger partial charge in [-0.05, 0) is 73.4 Å². The van der Waals surface area contributed by atoms with Crippen molar-refractivity contribution in [1.29, 1.82) is 0 Å². The van der Waals surface area contributed by atoms with Crippen LogP contribution < -0.4 is 19.7 Å². The first-order chi connectivity index (χ1) is 17.3. The molecule has 0 saturated heterocycles. The fourth-order valence-corrected chi connectivity index (χ4v) is 5.44. The number of fused-ring (bicyclic) bond motifs is 1. The molecular formula is C27H29N3O5S. The molecule has 0 aliphatic carbocycles. The summed E-state index contributed by atoms with van der Waals surface area (Å²) < 4.78 is 34.7. The van der Waals surface area contributed by atoms with E-state index in [9.17, 15) is 18.0 Å². The van der Waals surface area contributed by atoms with Crippen LogP contribution in [0.2, 0.25) is 0 Å². The fraction of sp³-hybridized carbons (Fsp3) is 0.259. The summed E-state index contributed by atoms with van der Waals surface area (Å²) >= 11 is 0. The Kier molecular flexibility index (Phi) is 7.71. The molecule has 0 radical (unpaired) electrons. The Morgan fingerprint density at radius 3 is 2.42 bits per heavy atom. The van der Waals surface area contributed by atoms with Crippen LogP contribution in [0, 0.1) is 0 Å². The van der Waals surface area contributed by atoms with Gasteiger partial charge in [0, 0.05) is 24.8 Å². The van der Waals surface area contributed by atoms with Gasteiger partial charge >= 0.3 is 0 Å². The minimum Gasteiger partial charge on any atom is -0.494 e. The Balaban J connectivity index is 1.56. The average molecular weight is 508 g/mol. The number of hydrogen-bond donors (Lipinski definition) is 2. The predicted molar refractivity (Wildman–Crippen MR) is 139 cm³/mol. The molecule has 8 nitrogen and oxygen atoms in total. The molecule has 4 rings (SSSR count). The van der Waals surface area contributed by atoms with E-state index in [0.29, 0.717) is 31.0 Å². The summed E-state index contributed by atoms with van der Waals surface area (Å²) in [5, 5.41) is 2.80. The quantitative estimate of drug-likeness (QED) is 0.461. The number of hydrogen-bond acceptors (Lipinski definition) is 5. The molecule has 0 unspecified atom stereocenters. The van der Waals surface area contributed by atoms with Crippen molar-refractivity contribution in [2.75, 3.05) is 23.4 Å². The largest absolute Gasteiger partial charge is 0.494 e. The van der Waals surface area contributed by atoms with Gasteiger partial charge in [0.25, 0.3) is 0 Å². The van der Waals surface area contributed by atoms with Gasteiger partial charge in [-0.3, -0.25) is 9.59 Å². The van der Waals surface area contributed by atoms with Crippen molar-refractivity contribution in [3.63, 3.8) is 0 Å². The first-order valence-corrected chi connectivity index (χ1v) is 13.3. The van der Waals surface area contributed by atoms with Crippen LogP contribution in [0.4, 0.5) is 11.4 Å². The topological polar surface area (TPSA) is 105 Å². The van der Waals surface area contributed by atoms with Gasteiger partial charge in [-0.2, -0.15) is 4.72 Å². The number of benzene rings is 3. The van der Waals surface area contributed by atoms with Gasteiger partial charge in [-0.25, -0.2) is 8.42 Å². The summed E-state index contributed by atoms with van der Waals surface area (Å²) in [6.07, 6.45) is 0.746. The lowest BCUT2D eigenvalue weighted by Crippen LogP contribution is -2.45. The Bertz CT molecular complexity index is 1340.